The Balaban J connectivity index is 1.63. The monoisotopic (exact) mass is 399 g/mol. The van der Waals surface area contributed by atoms with Crippen LogP contribution >= 0.6 is 0 Å². The number of rotatable bonds is 4. The Morgan fingerprint density at radius 2 is 1.73 bits per heavy atom. The molecule has 1 aromatic heterocycles. The first-order chi connectivity index (χ1) is 14.4. The van der Waals surface area contributed by atoms with Crippen LogP contribution in [0.25, 0.3) is 22.0 Å². The highest BCUT2D eigenvalue weighted by atomic mass is 16.6. The van der Waals surface area contributed by atoms with Gasteiger partial charge in [-0.05, 0) is 47.0 Å². The summed E-state index contributed by atoms with van der Waals surface area (Å²) in [5.74, 6) is -0.634. The SMILES string of the molecule is Cc1ccc([N+](=O)[O-])cc1NC(=O)c1ccc(-c2ccc3ccccc3c2)[nH]c1=O. The van der Waals surface area contributed by atoms with Gasteiger partial charge in [-0.3, -0.25) is 19.7 Å². The Morgan fingerprint density at radius 1 is 0.967 bits per heavy atom. The van der Waals surface area contributed by atoms with E-state index in [1.807, 2.05) is 42.5 Å². The molecule has 7 nitrogen and oxygen atoms in total. The largest absolute Gasteiger partial charge is 0.321 e. The maximum atomic E-state index is 12.6. The zero-order valence-corrected chi connectivity index (χ0v) is 16.0. The van der Waals surface area contributed by atoms with Gasteiger partial charge in [0, 0.05) is 17.8 Å². The molecule has 7 heteroatoms. The molecule has 0 radical (unpaired) electrons. The van der Waals surface area contributed by atoms with Crippen LogP contribution in [0.1, 0.15) is 15.9 Å². The summed E-state index contributed by atoms with van der Waals surface area (Å²) in [5.41, 5.74) is 1.59. The molecule has 0 saturated heterocycles. The Kier molecular flexibility index (Phi) is 4.85. The average Bonchev–Trinajstić information content (AvgIpc) is 2.74. The van der Waals surface area contributed by atoms with E-state index in [-0.39, 0.29) is 16.9 Å². The first kappa shape index (κ1) is 19.1. The van der Waals surface area contributed by atoms with Gasteiger partial charge in [-0.25, -0.2) is 0 Å². The topological polar surface area (TPSA) is 105 Å². The van der Waals surface area contributed by atoms with E-state index in [1.165, 1.54) is 18.2 Å². The lowest BCUT2D eigenvalue weighted by Gasteiger charge is -2.09. The van der Waals surface area contributed by atoms with Crippen molar-refractivity contribution in [1.82, 2.24) is 4.98 Å². The molecule has 148 valence electrons. The molecule has 0 spiro atoms. The molecule has 4 rings (SSSR count). The average molecular weight is 399 g/mol. The van der Waals surface area contributed by atoms with Crippen molar-refractivity contribution in [3.05, 3.63) is 104 Å². The van der Waals surface area contributed by atoms with Gasteiger partial charge in [-0.2, -0.15) is 0 Å². The summed E-state index contributed by atoms with van der Waals surface area (Å²) in [5, 5.41) is 15.7. The number of H-pyrrole nitrogens is 1. The third-order valence-corrected chi connectivity index (χ3v) is 4.89. The molecular weight excluding hydrogens is 382 g/mol. The van der Waals surface area contributed by atoms with Crippen molar-refractivity contribution in [2.24, 2.45) is 0 Å². The number of hydrogen-bond donors (Lipinski definition) is 2. The first-order valence-corrected chi connectivity index (χ1v) is 9.21. The predicted molar refractivity (Wildman–Crippen MR) is 116 cm³/mol. The quantitative estimate of drug-likeness (QED) is 0.384. The molecule has 0 bridgehead atoms. The van der Waals surface area contributed by atoms with Crippen molar-refractivity contribution in [2.45, 2.75) is 6.92 Å². The van der Waals surface area contributed by atoms with E-state index in [2.05, 4.69) is 10.3 Å². The van der Waals surface area contributed by atoms with Crippen LogP contribution in [0.3, 0.4) is 0 Å². The zero-order chi connectivity index (χ0) is 21.3. The number of non-ortho nitro benzene ring substituents is 1. The number of nitrogens with zero attached hydrogens (tertiary/aromatic N) is 1. The van der Waals surface area contributed by atoms with Crippen LogP contribution in [0.15, 0.2) is 77.6 Å². The lowest BCUT2D eigenvalue weighted by atomic mass is 10.0. The van der Waals surface area contributed by atoms with E-state index in [0.717, 1.165) is 16.3 Å². The Bertz CT molecular complexity index is 1360. The number of nitro groups is 1. The number of nitro benzene ring substituents is 1. The summed E-state index contributed by atoms with van der Waals surface area (Å²) in [4.78, 5) is 38.3. The van der Waals surface area contributed by atoms with E-state index >= 15 is 0 Å². The molecule has 0 atom stereocenters. The summed E-state index contributed by atoms with van der Waals surface area (Å²) in [7, 11) is 0. The Labute approximate surface area is 171 Å². The minimum Gasteiger partial charge on any atom is -0.321 e. The molecule has 0 unspecified atom stereocenters. The third-order valence-electron chi connectivity index (χ3n) is 4.89. The van der Waals surface area contributed by atoms with Gasteiger partial charge in [0.25, 0.3) is 17.2 Å². The van der Waals surface area contributed by atoms with Crippen molar-refractivity contribution in [1.29, 1.82) is 0 Å². The zero-order valence-electron chi connectivity index (χ0n) is 16.0. The van der Waals surface area contributed by atoms with Crippen molar-refractivity contribution < 1.29 is 9.72 Å². The molecule has 1 amide bonds. The lowest BCUT2D eigenvalue weighted by molar-refractivity contribution is -0.384. The molecule has 0 aliphatic carbocycles. The predicted octanol–water partition coefficient (Wildman–Crippen LogP) is 4.66. The fraction of sp³-hybridized carbons (Fsp3) is 0.0435. The summed E-state index contributed by atoms with van der Waals surface area (Å²) < 4.78 is 0. The molecule has 3 aromatic carbocycles. The van der Waals surface area contributed by atoms with Gasteiger partial charge in [0.2, 0.25) is 0 Å². The fourth-order valence-corrected chi connectivity index (χ4v) is 3.23. The molecule has 1 heterocycles. The number of fused-ring (bicyclic) bond motifs is 1. The van der Waals surface area contributed by atoms with Crippen LogP contribution in [-0.4, -0.2) is 15.8 Å². The number of benzene rings is 3. The van der Waals surface area contributed by atoms with Gasteiger partial charge < -0.3 is 10.3 Å². The van der Waals surface area contributed by atoms with Crippen molar-refractivity contribution >= 4 is 28.1 Å². The van der Waals surface area contributed by atoms with Crippen molar-refractivity contribution in [2.75, 3.05) is 5.32 Å². The van der Waals surface area contributed by atoms with Gasteiger partial charge in [-0.15, -0.1) is 0 Å². The molecule has 4 aromatic rings. The van der Waals surface area contributed by atoms with Crippen LogP contribution in [0.4, 0.5) is 11.4 Å². The van der Waals surface area contributed by atoms with Gasteiger partial charge in [0.15, 0.2) is 0 Å². The normalized spacial score (nSPS) is 10.7. The maximum absolute atomic E-state index is 12.6. The van der Waals surface area contributed by atoms with Crippen LogP contribution in [0.2, 0.25) is 0 Å². The minimum atomic E-state index is -0.634. The highest BCUT2D eigenvalue weighted by Gasteiger charge is 2.15. The van der Waals surface area contributed by atoms with Crippen molar-refractivity contribution in [3.8, 4) is 11.3 Å². The molecular formula is C23H17N3O4. The van der Waals surface area contributed by atoms with Gasteiger partial charge >= 0.3 is 0 Å². The van der Waals surface area contributed by atoms with Gasteiger partial charge in [0.1, 0.15) is 5.56 Å². The second-order valence-corrected chi connectivity index (χ2v) is 6.89. The third kappa shape index (κ3) is 3.68. The van der Waals surface area contributed by atoms with Gasteiger partial charge in [-0.1, -0.05) is 42.5 Å². The molecule has 0 aliphatic rings. The molecule has 2 N–H and O–H groups in total. The number of pyridine rings is 1. The number of anilines is 1. The summed E-state index contributed by atoms with van der Waals surface area (Å²) in [6, 6.07) is 21.0. The number of aryl methyl sites for hydroxylation is 1. The van der Waals surface area contributed by atoms with E-state index in [1.54, 1.807) is 19.1 Å². The summed E-state index contributed by atoms with van der Waals surface area (Å²) in [6.45, 7) is 1.71. The Hall–Kier alpha value is -4.26. The maximum Gasteiger partial charge on any atom is 0.271 e. The molecule has 0 saturated carbocycles. The highest BCUT2D eigenvalue weighted by molar-refractivity contribution is 6.04. The molecule has 30 heavy (non-hydrogen) atoms. The van der Waals surface area contributed by atoms with Crippen LogP contribution < -0.4 is 10.9 Å². The fourth-order valence-electron chi connectivity index (χ4n) is 3.23. The minimum absolute atomic E-state index is 0.0783. The van der Waals surface area contributed by atoms with E-state index in [9.17, 15) is 19.7 Å². The number of nitrogens with one attached hydrogen (secondary N) is 2. The number of amides is 1. The van der Waals surface area contributed by atoms with E-state index in [0.29, 0.717) is 11.3 Å². The molecule has 0 fully saturated rings. The lowest BCUT2D eigenvalue weighted by Crippen LogP contribution is -2.23. The second-order valence-electron chi connectivity index (χ2n) is 6.89. The first-order valence-electron chi connectivity index (χ1n) is 9.21. The second kappa shape index (κ2) is 7.63. The smallest absolute Gasteiger partial charge is 0.271 e. The van der Waals surface area contributed by atoms with Crippen LogP contribution in [-0.2, 0) is 0 Å². The van der Waals surface area contributed by atoms with Crippen LogP contribution in [0.5, 0.6) is 0 Å². The number of carbonyl (C=O) groups excluding carboxylic acids is 1. The number of aromatic nitrogens is 1. The standard InChI is InChI=1S/C23H17N3O4/c1-14-6-9-18(26(29)30)13-21(14)25-23(28)19-10-11-20(24-22(19)27)17-8-7-15-4-2-3-5-16(15)12-17/h2-13H,1H3,(H,24,27)(H,25,28). The Morgan fingerprint density at radius 3 is 2.47 bits per heavy atom. The van der Waals surface area contributed by atoms with Gasteiger partial charge in [0.05, 0.1) is 10.6 Å². The molecule has 0 aliphatic heterocycles. The van der Waals surface area contributed by atoms with E-state index in [4.69, 9.17) is 0 Å². The summed E-state index contributed by atoms with van der Waals surface area (Å²) in [6.07, 6.45) is 0. The van der Waals surface area contributed by atoms with Crippen molar-refractivity contribution in [3.63, 3.8) is 0 Å². The number of carbonyl (C=O) groups is 1. The number of hydrogen-bond acceptors (Lipinski definition) is 4. The van der Waals surface area contributed by atoms with Crippen LogP contribution in [0, 0.1) is 17.0 Å². The van der Waals surface area contributed by atoms with E-state index < -0.39 is 16.4 Å². The highest BCUT2D eigenvalue weighted by Crippen LogP contribution is 2.24. The number of aromatic amines is 1. The summed E-state index contributed by atoms with van der Waals surface area (Å²) >= 11 is 0.